The molecule has 3 aromatic rings. The maximum Gasteiger partial charge on any atom is 0.169 e. The number of carbonyl (C=O) groups excluding carboxylic acids is 1. The van der Waals surface area contributed by atoms with Gasteiger partial charge in [-0.2, -0.15) is 0 Å². The molecule has 1 heterocycles. The SMILES string of the molecule is COc1ccc(-n2nc(Nc3cccc(C)c3)c3c2CC(C)(C)CC3=O)cc1. The number of nitrogens with zero attached hydrogens (tertiary/aromatic N) is 2. The number of anilines is 2. The number of rotatable bonds is 4. The van der Waals surface area contributed by atoms with Crippen molar-refractivity contribution < 1.29 is 9.53 Å². The summed E-state index contributed by atoms with van der Waals surface area (Å²) in [5, 5.41) is 8.17. The molecule has 1 aliphatic carbocycles. The molecule has 0 saturated carbocycles. The van der Waals surface area contributed by atoms with Crippen molar-refractivity contribution in [2.45, 2.75) is 33.6 Å². The fraction of sp³-hybridized carbons (Fsp3) is 0.304. The predicted octanol–water partition coefficient (Wildman–Crippen LogP) is 5.09. The van der Waals surface area contributed by atoms with Crippen LogP contribution in [0, 0.1) is 12.3 Å². The Hall–Kier alpha value is -3.08. The van der Waals surface area contributed by atoms with Gasteiger partial charge in [0.25, 0.3) is 0 Å². The summed E-state index contributed by atoms with van der Waals surface area (Å²) in [6, 6.07) is 15.8. The number of benzene rings is 2. The standard InChI is InChI=1S/C23H25N3O2/c1-15-6-5-7-16(12-15)24-22-21-19(13-23(2,3)14-20(21)27)26(25-22)17-8-10-18(28-4)11-9-17/h5-12H,13-14H2,1-4H3,(H,24,25). The zero-order valence-electron chi connectivity index (χ0n) is 16.7. The second-order valence-corrected chi connectivity index (χ2v) is 8.22. The van der Waals surface area contributed by atoms with E-state index in [1.807, 2.05) is 54.1 Å². The van der Waals surface area contributed by atoms with Crippen LogP contribution in [0.1, 0.15) is 41.9 Å². The molecular weight excluding hydrogens is 350 g/mol. The number of hydrogen-bond acceptors (Lipinski definition) is 4. The van der Waals surface area contributed by atoms with Crippen LogP contribution in [-0.4, -0.2) is 22.7 Å². The van der Waals surface area contributed by atoms with E-state index in [4.69, 9.17) is 9.84 Å². The summed E-state index contributed by atoms with van der Waals surface area (Å²) in [6.45, 7) is 6.31. The van der Waals surface area contributed by atoms with Crippen LogP contribution < -0.4 is 10.1 Å². The van der Waals surface area contributed by atoms with Gasteiger partial charge in [0.05, 0.1) is 24.1 Å². The van der Waals surface area contributed by atoms with Gasteiger partial charge in [0.2, 0.25) is 0 Å². The third kappa shape index (κ3) is 3.40. The molecule has 4 rings (SSSR count). The Morgan fingerprint density at radius 3 is 2.54 bits per heavy atom. The monoisotopic (exact) mass is 375 g/mol. The number of ketones is 1. The molecule has 0 unspecified atom stereocenters. The highest BCUT2D eigenvalue weighted by Crippen LogP contribution is 2.39. The van der Waals surface area contributed by atoms with Crippen LogP contribution in [0.15, 0.2) is 48.5 Å². The third-order valence-corrected chi connectivity index (χ3v) is 5.14. The molecule has 0 radical (unpaired) electrons. The first-order chi connectivity index (χ1) is 13.4. The summed E-state index contributed by atoms with van der Waals surface area (Å²) in [5.41, 5.74) is 4.58. The van der Waals surface area contributed by atoms with Crippen LogP contribution in [0.2, 0.25) is 0 Å². The van der Waals surface area contributed by atoms with Gasteiger partial charge in [0.15, 0.2) is 11.6 Å². The van der Waals surface area contributed by atoms with E-state index < -0.39 is 0 Å². The molecule has 0 saturated heterocycles. The number of aromatic nitrogens is 2. The molecule has 1 aliphatic rings. The number of fused-ring (bicyclic) bond motifs is 1. The predicted molar refractivity (Wildman–Crippen MR) is 111 cm³/mol. The maximum atomic E-state index is 13.0. The summed E-state index contributed by atoms with van der Waals surface area (Å²) < 4.78 is 7.16. The zero-order chi connectivity index (χ0) is 19.9. The van der Waals surface area contributed by atoms with Crippen LogP contribution in [0.4, 0.5) is 11.5 Å². The Balaban J connectivity index is 1.83. The Morgan fingerprint density at radius 1 is 1.11 bits per heavy atom. The second kappa shape index (κ2) is 6.82. The van der Waals surface area contributed by atoms with E-state index in [0.29, 0.717) is 17.8 Å². The van der Waals surface area contributed by atoms with E-state index in [0.717, 1.165) is 34.8 Å². The fourth-order valence-corrected chi connectivity index (χ4v) is 3.83. The third-order valence-electron chi connectivity index (χ3n) is 5.14. The lowest BCUT2D eigenvalue weighted by Crippen LogP contribution is -2.28. The first kappa shape index (κ1) is 18.3. The highest BCUT2D eigenvalue weighted by molar-refractivity contribution is 6.03. The molecule has 1 N–H and O–H groups in total. The Labute approximate surface area is 165 Å². The van der Waals surface area contributed by atoms with Crippen molar-refractivity contribution in [3.8, 4) is 11.4 Å². The number of methoxy groups -OCH3 is 1. The van der Waals surface area contributed by atoms with Crippen LogP contribution in [0.25, 0.3) is 5.69 Å². The smallest absolute Gasteiger partial charge is 0.169 e. The number of aryl methyl sites for hydroxylation is 1. The Kier molecular flexibility index (Phi) is 4.46. The van der Waals surface area contributed by atoms with Gasteiger partial charge in [-0.05, 0) is 60.7 Å². The summed E-state index contributed by atoms with van der Waals surface area (Å²) >= 11 is 0. The lowest BCUT2D eigenvalue weighted by molar-refractivity contribution is 0.0912. The van der Waals surface area contributed by atoms with Crippen molar-refractivity contribution in [2.75, 3.05) is 12.4 Å². The van der Waals surface area contributed by atoms with Gasteiger partial charge in [0, 0.05) is 12.1 Å². The number of nitrogens with one attached hydrogen (secondary N) is 1. The number of ether oxygens (including phenoxy) is 1. The normalized spacial score (nSPS) is 15.2. The largest absolute Gasteiger partial charge is 0.497 e. The molecule has 0 fully saturated rings. The molecule has 1 aromatic heterocycles. The van der Waals surface area contributed by atoms with Crippen LogP contribution >= 0.6 is 0 Å². The van der Waals surface area contributed by atoms with E-state index in [-0.39, 0.29) is 11.2 Å². The molecule has 144 valence electrons. The van der Waals surface area contributed by atoms with Crippen molar-refractivity contribution in [3.05, 3.63) is 65.4 Å². The molecule has 0 aliphatic heterocycles. The second-order valence-electron chi connectivity index (χ2n) is 8.22. The maximum absolute atomic E-state index is 13.0. The summed E-state index contributed by atoms with van der Waals surface area (Å²) in [4.78, 5) is 13.0. The van der Waals surface area contributed by atoms with Crippen molar-refractivity contribution >= 4 is 17.3 Å². The molecular formula is C23H25N3O2. The lowest BCUT2D eigenvalue weighted by atomic mass is 9.76. The van der Waals surface area contributed by atoms with Gasteiger partial charge in [-0.3, -0.25) is 4.79 Å². The van der Waals surface area contributed by atoms with Gasteiger partial charge in [0.1, 0.15) is 5.75 Å². The van der Waals surface area contributed by atoms with Crippen LogP contribution in [0.5, 0.6) is 5.75 Å². The summed E-state index contributed by atoms with van der Waals surface area (Å²) in [5.74, 6) is 1.55. The summed E-state index contributed by atoms with van der Waals surface area (Å²) in [6.07, 6.45) is 1.32. The molecule has 0 atom stereocenters. The van der Waals surface area contributed by atoms with Crippen LogP contribution in [-0.2, 0) is 6.42 Å². The van der Waals surface area contributed by atoms with E-state index in [9.17, 15) is 4.79 Å². The highest BCUT2D eigenvalue weighted by atomic mass is 16.5. The first-order valence-corrected chi connectivity index (χ1v) is 9.49. The van der Waals surface area contributed by atoms with Crippen molar-refractivity contribution in [3.63, 3.8) is 0 Å². The molecule has 2 aromatic carbocycles. The van der Waals surface area contributed by atoms with Crippen molar-refractivity contribution in [1.29, 1.82) is 0 Å². The highest BCUT2D eigenvalue weighted by Gasteiger charge is 2.36. The molecule has 5 heteroatoms. The molecule has 5 nitrogen and oxygen atoms in total. The summed E-state index contributed by atoms with van der Waals surface area (Å²) in [7, 11) is 1.65. The molecule has 0 bridgehead atoms. The molecule has 0 amide bonds. The van der Waals surface area contributed by atoms with Crippen LogP contribution in [0.3, 0.4) is 0 Å². The quantitative estimate of drug-likeness (QED) is 0.690. The van der Waals surface area contributed by atoms with Gasteiger partial charge >= 0.3 is 0 Å². The van der Waals surface area contributed by atoms with Gasteiger partial charge < -0.3 is 10.1 Å². The fourth-order valence-electron chi connectivity index (χ4n) is 3.83. The van der Waals surface area contributed by atoms with E-state index in [2.05, 4.69) is 25.2 Å². The number of Topliss-reactive ketones (excluding diaryl/α,β-unsaturated/α-hetero) is 1. The zero-order valence-corrected chi connectivity index (χ0v) is 16.7. The van der Waals surface area contributed by atoms with Gasteiger partial charge in [-0.1, -0.05) is 26.0 Å². The average Bonchev–Trinajstić information content (AvgIpc) is 2.99. The van der Waals surface area contributed by atoms with Gasteiger partial charge in [-0.15, -0.1) is 5.10 Å². The molecule has 0 spiro atoms. The lowest BCUT2D eigenvalue weighted by Gasteiger charge is -2.29. The topological polar surface area (TPSA) is 56.1 Å². The minimum atomic E-state index is -0.0884. The minimum Gasteiger partial charge on any atom is -0.497 e. The number of hydrogen-bond donors (Lipinski definition) is 1. The average molecular weight is 375 g/mol. The molecule has 28 heavy (non-hydrogen) atoms. The van der Waals surface area contributed by atoms with E-state index in [1.165, 1.54) is 0 Å². The number of carbonyl (C=O) groups is 1. The van der Waals surface area contributed by atoms with Gasteiger partial charge in [-0.25, -0.2) is 4.68 Å². The first-order valence-electron chi connectivity index (χ1n) is 9.49. The van der Waals surface area contributed by atoms with Crippen molar-refractivity contribution in [2.24, 2.45) is 5.41 Å². The van der Waals surface area contributed by atoms with Crippen molar-refractivity contribution in [1.82, 2.24) is 9.78 Å². The van der Waals surface area contributed by atoms with E-state index in [1.54, 1.807) is 7.11 Å². The van der Waals surface area contributed by atoms with E-state index >= 15 is 0 Å². The Morgan fingerprint density at radius 2 is 1.86 bits per heavy atom. The minimum absolute atomic E-state index is 0.0884. The Bertz CT molecular complexity index is 1030.